The van der Waals surface area contributed by atoms with Crippen molar-refractivity contribution in [2.45, 2.75) is 6.42 Å². The topological polar surface area (TPSA) is 54.0 Å². The number of carbonyl (C=O) groups is 1. The molecule has 5 heteroatoms. The molecule has 1 heterocycles. The average Bonchev–Trinajstić information content (AvgIpc) is 2.65. The minimum absolute atomic E-state index is 0.136. The molecule has 0 aliphatic carbocycles. The van der Waals surface area contributed by atoms with E-state index in [0.29, 0.717) is 17.9 Å². The fourth-order valence-electron chi connectivity index (χ4n) is 2.42. The lowest BCUT2D eigenvalue weighted by molar-refractivity contribution is 0.0954. The molecule has 0 spiro atoms. The Morgan fingerprint density at radius 2 is 1.72 bits per heavy atom. The molecule has 0 radical (unpaired) electrons. The zero-order valence-corrected chi connectivity index (χ0v) is 15.2. The Morgan fingerprint density at radius 1 is 0.960 bits per heavy atom. The molecule has 0 atom stereocenters. The highest BCUT2D eigenvalue weighted by atomic mass is 79.9. The second-order valence-corrected chi connectivity index (χ2v) is 6.44. The van der Waals surface area contributed by atoms with Crippen LogP contribution in [0.15, 0.2) is 77.4 Å². The van der Waals surface area contributed by atoms with Crippen molar-refractivity contribution in [2.24, 2.45) is 0 Å². The molecule has 2 aromatic carbocycles. The Bertz CT molecular complexity index is 835. The van der Waals surface area contributed by atoms with Crippen LogP contribution in [0.4, 0.5) is 11.5 Å². The summed E-state index contributed by atoms with van der Waals surface area (Å²) in [4.78, 5) is 16.8. The summed E-state index contributed by atoms with van der Waals surface area (Å²) < 4.78 is 0.998. The molecule has 0 saturated carbocycles. The molecule has 126 valence electrons. The van der Waals surface area contributed by atoms with E-state index in [1.165, 1.54) is 5.56 Å². The predicted octanol–water partition coefficient (Wildman–Crippen LogP) is 4.56. The van der Waals surface area contributed by atoms with Crippen LogP contribution in [0.2, 0.25) is 0 Å². The number of nitrogens with one attached hydrogen (secondary N) is 2. The van der Waals surface area contributed by atoms with E-state index in [-0.39, 0.29) is 5.91 Å². The molecule has 0 saturated heterocycles. The van der Waals surface area contributed by atoms with Crippen molar-refractivity contribution in [3.8, 4) is 0 Å². The lowest BCUT2D eigenvalue weighted by Crippen LogP contribution is -2.26. The summed E-state index contributed by atoms with van der Waals surface area (Å²) >= 11 is 3.41. The Hall–Kier alpha value is -2.66. The molecule has 3 rings (SSSR count). The van der Waals surface area contributed by atoms with Gasteiger partial charge in [-0.05, 0) is 48.4 Å². The predicted molar refractivity (Wildman–Crippen MR) is 104 cm³/mol. The van der Waals surface area contributed by atoms with Crippen molar-refractivity contribution in [1.82, 2.24) is 10.3 Å². The van der Waals surface area contributed by atoms with Gasteiger partial charge < -0.3 is 10.6 Å². The summed E-state index contributed by atoms with van der Waals surface area (Å²) in [6, 6.07) is 21.3. The summed E-state index contributed by atoms with van der Waals surface area (Å²) in [5.74, 6) is 0.408. The van der Waals surface area contributed by atoms with E-state index in [1.807, 2.05) is 42.5 Å². The first-order chi connectivity index (χ1) is 12.2. The summed E-state index contributed by atoms with van der Waals surface area (Å²) in [7, 11) is 0. The summed E-state index contributed by atoms with van der Waals surface area (Å²) in [6.45, 7) is 0.579. The standard InChI is InChI=1S/C20H18BrN3O/c21-16-8-10-17(11-9-16)24-19-18(7-4-13-22-19)20(25)23-14-12-15-5-2-1-3-6-15/h1-11,13H,12,14H2,(H,22,24)(H,23,25). The second kappa shape index (κ2) is 8.44. The fraction of sp³-hybridized carbons (Fsp3) is 0.100. The van der Waals surface area contributed by atoms with Gasteiger partial charge in [-0.1, -0.05) is 46.3 Å². The number of pyridine rings is 1. The summed E-state index contributed by atoms with van der Waals surface area (Å²) in [6.07, 6.45) is 2.46. The molecule has 0 aliphatic heterocycles. The summed E-state index contributed by atoms with van der Waals surface area (Å²) in [5, 5.41) is 6.15. The molecule has 2 N–H and O–H groups in total. The van der Waals surface area contributed by atoms with E-state index in [9.17, 15) is 4.79 Å². The molecule has 0 unspecified atom stereocenters. The molecule has 1 amide bonds. The van der Waals surface area contributed by atoms with Crippen molar-refractivity contribution >= 4 is 33.3 Å². The van der Waals surface area contributed by atoms with Gasteiger partial charge in [0.05, 0.1) is 5.56 Å². The Morgan fingerprint density at radius 3 is 2.48 bits per heavy atom. The number of rotatable bonds is 6. The van der Waals surface area contributed by atoms with E-state index in [4.69, 9.17) is 0 Å². The van der Waals surface area contributed by atoms with Gasteiger partial charge in [-0.2, -0.15) is 0 Å². The Balaban J connectivity index is 1.65. The van der Waals surface area contributed by atoms with Crippen LogP contribution in [-0.4, -0.2) is 17.4 Å². The maximum Gasteiger partial charge on any atom is 0.255 e. The first kappa shape index (κ1) is 17.2. The third-order valence-corrected chi connectivity index (χ3v) is 4.23. The smallest absolute Gasteiger partial charge is 0.255 e. The maximum absolute atomic E-state index is 12.5. The van der Waals surface area contributed by atoms with E-state index >= 15 is 0 Å². The average molecular weight is 396 g/mol. The van der Waals surface area contributed by atoms with Crippen molar-refractivity contribution < 1.29 is 4.79 Å². The Labute approximate surface area is 155 Å². The molecule has 0 fully saturated rings. The van der Waals surface area contributed by atoms with Gasteiger partial charge >= 0.3 is 0 Å². The van der Waals surface area contributed by atoms with Crippen molar-refractivity contribution in [3.05, 3.63) is 88.5 Å². The van der Waals surface area contributed by atoms with Gasteiger partial charge in [-0.3, -0.25) is 4.79 Å². The monoisotopic (exact) mass is 395 g/mol. The number of nitrogens with zero attached hydrogens (tertiary/aromatic N) is 1. The number of halogens is 1. The zero-order chi connectivity index (χ0) is 17.5. The van der Waals surface area contributed by atoms with Crippen LogP contribution < -0.4 is 10.6 Å². The highest BCUT2D eigenvalue weighted by Gasteiger charge is 2.12. The van der Waals surface area contributed by atoms with Gasteiger partial charge in [-0.15, -0.1) is 0 Å². The molecule has 1 aromatic heterocycles. The normalized spacial score (nSPS) is 10.3. The van der Waals surface area contributed by atoms with Crippen molar-refractivity contribution in [1.29, 1.82) is 0 Å². The second-order valence-electron chi connectivity index (χ2n) is 5.52. The molecule has 25 heavy (non-hydrogen) atoms. The van der Waals surface area contributed by atoms with Gasteiger partial charge in [0.15, 0.2) is 0 Å². The highest BCUT2D eigenvalue weighted by Crippen LogP contribution is 2.20. The van der Waals surface area contributed by atoms with Crippen LogP contribution in [0.5, 0.6) is 0 Å². The third-order valence-electron chi connectivity index (χ3n) is 3.70. The van der Waals surface area contributed by atoms with Crippen LogP contribution in [0.3, 0.4) is 0 Å². The highest BCUT2D eigenvalue weighted by molar-refractivity contribution is 9.10. The van der Waals surface area contributed by atoms with Crippen LogP contribution in [0.25, 0.3) is 0 Å². The van der Waals surface area contributed by atoms with E-state index in [0.717, 1.165) is 16.6 Å². The largest absolute Gasteiger partial charge is 0.352 e. The quantitative estimate of drug-likeness (QED) is 0.642. The number of hydrogen-bond donors (Lipinski definition) is 2. The van der Waals surface area contributed by atoms with E-state index in [1.54, 1.807) is 18.3 Å². The zero-order valence-electron chi connectivity index (χ0n) is 13.6. The molecular weight excluding hydrogens is 378 g/mol. The van der Waals surface area contributed by atoms with Crippen molar-refractivity contribution in [3.63, 3.8) is 0 Å². The third kappa shape index (κ3) is 4.90. The Kier molecular flexibility index (Phi) is 5.80. The van der Waals surface area contributed by atoms with Crippen LogP contribution in [-0.2, 0) is 6.42 Å². The molecular formula is C20H18BrN3O. The van der Waals surface area contributed by atoms with E-state index in [2.05, 4.69) is 43.7 Å². The summed E-state index contributed by atoms with van der Waals surface area (Å²) in [5.41, 5.74) is 2.60. The minimum atomic E-state index is -0.136. The number of anilines is 2. The molecule has 0 aliphatic rings. The van der Waals surface area contributed by atoms with Gasteiger partial charge in [0.2, 0.25) is 0 Å². The van der Waals surface area contributed by atoms with E-state index < -0.39 is 0 Å². The number of amides is 1. The van der Waals surface area contributed by atoms with Gasteiger partial charge in [0.25, 0.3) is 5.91 Å². The SMILES string of the molecule is O=C(NCCc1ccccc1)c1cccnc1Nc1ccc(Br)cc1. The molecule has 3 aromatic rings. The number of carbonyl (C=O) groups excluding carboxylic acids is 1. The van der Waals surface area contributed by atoms with Crippen molar-refractivity contribution in [2.75, 3.05) is 11.9 Å². The number of benzene rings is 2. The number of hydrogen-bond acceptors (Lipinski definition) is 3. The van der Waals surface area contributed by atoms with Gasteiger partial charge in [-0.25, -0.2) is 4.98 Å². The first-order valence-electron chi connectivity index (χ1n) is 8.02. The fourth-order valence-corrected chi connectivity index (χ4v) is 2.68. The first-order valence-corrected chi connectivity index (χ1v) is 8.81. The number of aromatic nitrogens is 1. The lowest BCUT2D eigenvalue weighted by Gasteiger charge is -2.11. The molecule has 4 nitrogen and oxygen atoms in total. The van der Waals surface area contributed by atoms with Gasteiger partial charge in [0.1, 0.15) is 5.82 Å². The van der Waals surface area contributed by atoms with Crippen LogP contribution >= 0.6 is 15.9 Å². The van der Waals surface area contributed by atoms with Crippen LogP contribution in [0.1, 0.15) is 15.9 Å². The lowest BCUT2D eigenvalue weighted by atomic mass is 10.1. The maximum atomic E-state index is 12.5. The van der Waals surface area contributed by atoms with Crippen LogP contribution in [0, 0.1) is 0 Å². The minimum Gasteiger partial charge on any atom is -0.352 e. The molecule has 0 bridgehead atoms. The van der Waals surface area contributed by atoms with Gasteiger partial charge in [0, 0.05) is 22.9 Å².